The maximum Gasteiger partial charge on any atom is 0.300 e. The molecule has 1 aliphatic heterocycles. The first-order chi connectivity index (χ1) is 16.0. The van der Waals surface area contributed by atoms with Crippen LogP contribution in [0.5, 0.6) is 11.5 Å². The lowest BCUT2D eigenvalue weighted by molar-refractivity contribution is -0.132. The first-order valence-electron chi connectivity index (χ1n) is 10.4. The smallest absolute Gasteiger partial charge is 0.300 e. The number of hydrogen-bond donors (Lipinski definition) is 1. The van der Waals surface area contributed by atoms with E-state index >= 15 is 0 Å². The largest absolute Gasteiger partial charge is 0.507 e. The first kappa shape index (κ1) is 22.4. The van der Waals surface area contributed by atoms with Crippen molar-refractivity contribution in [1.29, 1.82) is 0 Å². The van der Waals surface area contributed by atoms with Crippen LogP contribution in [0.2, 0.25) is 5.02 Å². The van der Waals surface area contributed by atoms with Crippen LogP contribution in [0.1, 0.15) is 24.1 Å². The normalized spacial score (nSPS) is 17.3. The van der Waals surface area contributed by atoms with Gasteiger partial charge in [0, 0.05) is 17.3 Å². The highest BCUT2D eigenvalue weighted by molar-refractivity contribution is 6.52. The van der Waals surface area contributed by atoms with Gasteiger partial charge in [-0.25, -0.2) is 0 Å². The molecule has 168 valence electrons. The molecule has 1 aliphatic rings. The van der Waals surface area contributed by atoms with Crippen molar-refractivity contribution in [2.75, 3.05) is 18.6 Å². The highest BCUT2D eigenvalue weighted by Crippen LogP contribution is 2.43. The number of ketones is 1. The molecule has 1 N–H and O–H groups in total. The summed E-state index contributed by atoms with van der Waals surface area (Å²) in [5.74, 6) is -0.898. The molecule has 0 aromatic heterocycles. The number of methoxy groups -OCH3 is 1. The average molecular weight is 464 g/mol. The Morgan fingerprint density at radius 1 is 1.00 bits per heavy atom. The number of hydrogen-bond acceptors (Lipinski definition) is 5. The number of carbonyl (C=O) groups excluding carboxylic acids is 2. The van der Waals surface area contributed by atoms with Gasteiger partial charge in [-0.3, -0.25) is 14.5 Å². The van der Waals surface area contributed by atoms with Gasteiger partial charge in [-0.05, 0) is 42.8 Å². The van der Waals surface area contributed by atoms with Crippen molar-refractivity contribution < 1.29 is 24.2 Å². The standard InChI is InChI=1S/C26H22ClNO5/c1-3-33-19-11-7-10-17(14-19)28-23(16-8-5-4-6-9-16)22(25(30)26(28)31)24(29)20-15-18(32-2)12-13-21(20)27/h4-15,23,29H,3H2,1-2H3/b24-22+. The molecule has 0 spiro atoms. The third-order valence-electron chi connectivity index (χ3n) is 5.40. The molecule has 1 heterocycles. The van der Waals surface area contributed by atoms with E-state index in [1.807, 2.05) is 25.1 Å². The first-order valence-corrected chi connectivity index (χ1v) is 10.8. The molecule has 6 nitrogen and oxygen atoms in total. The lowest BCUT2D eigenvalue weighted by atomic mass is 9.95. The summed E-state index contributed by atoms with van der Waals surface area (Å²) in [6.07, 6.45) is 0. The maximum absolute atomic E-state index is 13.2. The Hall–Kier alpha value is -3.77. The number of nitrogens with zero attached hydrogens (tertiary/aromatic N) is 1. The van der Waals surface area contributed by atoms with Crippen LogP contribution in [0.4, 0.5) is 5.69 Å². The van der Waals surface area contributed by atoms with Gasteiger partial charge in [0.2, 0.25) is 0 Å². The Morgan fingerprint density at radius 3 is 2.45 bits per heavy atom. The predicted molar refractivity (Wildman–Crippen MR) is 127 cm³/mol. The van der Waals surface area contributed by atoms with Gasteiger partial charge in [0.25, 0.3) is 11.7 Å². The molecular weight excluding hydrogens is 442 g/mol. The van der Waals surface area contributed by atoms with E-state index in [1.165, 1.54) is 18.1 Å². The summed E-state index contributed by atoms with van der Waals surface area (Å²) in [5, 5.41) is 11.5. The highest BCUT2D eigenvalue weighted by Gasteiger charge is 2.47. The number of aliphatic hydroxyl groups is 1. The Bertz CT molecular complexity index is 1240. The fourth-order valence-electron chi connectivity index (χ4n) is 3.90. The molecule has 33 heavy (non-hydrogen) atoms. The quantitative estimate of drug-likeness (QED) is 0.302. The Morgan fingerprint density at radius 2 is 1.76 bits per heavy atom. The fourth-order valence-corrected chi connectivity index (χ4v) is 4.10. The summed E-state index contributed by atoms with van der Waals surface area (Å²) in [5.41, 5.74) is 1.30. The van der Waals surface area contributed by atoms with Crippen molar-refractivity contribution in [1.82, 2.24) is 0 Å². The number of amides is 1. The monoisotopic (exact) mass is 463 g/mol. The number of anilines is 1. The van der Waals surface area contributed by atoms with Crippen molar-refractivity contribution >= 4 is 34.7 Å². The molecule has 1 amide bonds. The molecule has 0 bridgehead atoms. The van der Waals surface area contributed by atoms with E-state index < -0.39 is 17.7 Å². The Balaban J connectivity index is 1.94. The molecule has 1 saturated heterocycles. The molecule has 0 aliphatic carbocycles. The summed E-state index contributed by atoms with van der Waals surface area (Å²) >= 11 is 6.34. The molecule has 1 unspecified atom stereocenters. The molecule has 1 atom stereocenters. The molecule has 3 aromatic carbocycles. The van der Waals surface area contributed by atoms with E-state index in [0.717, 1.165) is 0 Å². The van der Waals surface area contributed by atoms with Crippen LogP contribution in [-0.4, -0.2) is 30.5 Å². The average Bonchev–Trinajstić information content (AvgIpc) is 3.10. The van der Waals surface area contributed by atoms with Crippen LogP contribution in [-0.2, 0) is 9.59 Å². The van der Waals surface area contributed by atoms with E-state index in [1.54, 1.807) is 48.5 Å². The lowest BCUT2D eigenvalue weighted by Crippen LogP contribution is -2.29. The molecule has 0 saturated carbocycles. The van der Waals surface area contributed by atoms with Gasteiger partial charge in [-0.1, -0.05) is 48.0 Å². The van der Waals surface area contributed by atoms with Crippen molar-refractivity contribution in [2.45, 2.75) is 13.0 Å². The lowest BCUT2D eigenvalue weighted by Gasteiger charge is -2.26. The van der Waals surface area contributed by atoms with E-state index in [4.69, 9.17) is 21.1 Å². The van der Waals surface area contributed by atoms with Crippen molar-refractivity contribution in [3.63, 3.8) is 0 Å². The van der Waals surface area contributed by atoms with Crippen molar-refractivity contribution in [3.8, 4) is 11.5 Å². The van der Waals surface area contributed by atoms with Gasteiger partial charge in [0.05, 0.1) is 30.4 Å². The van der Waals surface area contributed by atoms with Crippen LogP contribution >= 0.6 is 11.6 Å². The molecular formula is C26H22ClNO5. The molecule has 7 heteroatoms. The third-order valence-corrected chi connectivity index (χ3v) is 5.72. The summed E-state index contributed by atoms with van der Waals surface area (Å²) in [6.45, 7) is 2.32. The molecule has 4 rings (SSSR count). The second kappa shape index (κ2) is 9.38. The van der Waals surface area contributed by atoms with Gasteiger partial charge in [0.1, 0.15) is 17.3 Å². The van der Waals surface area contributed by atoms with E-state index in [2.05, 4.69) is 0 Å². The second-order valence-corrected chi connectivity index (χ2v) is 7.76. The molecule has 3 aromatic rings. The Kier molecular flexibility index (Phi) is 6.38. The second-order valence-electron chi connectivity index (χ2n) is 7.36. The minimum atomic E-state index is -0.856. The Labute approximate surface area is 196 Å². The van der Waals surface area contributed by atoms with Crippen molar-refractivity contribution in [2.24, 2.45) is 0 Å². The maximum atomic E-state index is 13.2. The zero-order chi connectivity index (χ0) is 23.5. The summed E-state index contributed by atoms with van der Waals surface area (Å²) in [7, 11) is 1.49. The minimum Gasteiger partial charge on any atom is -0.507 e. The topological polar surface area (TPSA) is 76.1 Å². The van der Waals surface area contributed by atoms with Crippen LogP contribution in [0.15, 0.2) is 78.4 Å². The number of Topliss-reactive ketones (excluding diaryl/α,β-unsaturated/α-hetero) is 1. The predicted octanol–water partition coefficient (Wildman–Crippen LogP) is 5.37. The number of ether oxygens (including phenoxy) is 2. The van der Waals surface area contributed by atoms with Crippen LogP contribution in [0, 0.1) is 0 Å². The van der Waals surface area contributed by atoms with E-state index in [0.29, 0.717) is 29.4 Å². The van der Waals surface area contributed by atoms with E-state index in [9.17, 15) is 14.7 Å². The van der Waals surface area contributed by atoms with Crippen LogP contribution in [0.25, 0.3) is 5.76 Å². The number of halogens is 1. The third kappa shape index (κ3) is 4.17. The zero-order valence-electron chi connectivity index (χ0n) is 18.1. The molecule has 0 radical (unpaired) electrons. The van der Waals surface area contributed by atoms with Crippen LogP contribution < -0.4 is 14.4 Å². The SMILES string of the molecule is CCOc1cccc(N2C(=O)C(=O)/C(=C(/O)c3cc(OC)ccc3Cl)C2c2ccccc2)c1. The van der Waals surface area contributed by atoms with Gasteiger partial charge in [-0.15, -0.1) is 0 Å². The zero-order valence-corrected chi connectivity index (χ0v) is 18.9. The van der Waals surface area contributed by atoms with Gasteiger partial charge < -0.3 is 14.6 Å². The summed E-state index contributed by atoms with van der Waals surface area (Å²) < 4.78 is 10.8. The van der Waals surface area contributed by atoms with Crippen molar-refractivity contribution in [3.05, 3.63) is 94.5 Å². The summed E-state index contributed by atoms with van der Waals surface area (Å²) in [6, 6.07) is 19.9. The van der Waals surface area contributed by atoms with Gasteiger partial charge in [-0.2, -0.15) is 0 Å². The van der Waals surface area contributed by atoms with E-state index in [-0.39, 0.29) is 21.9 Å². The molecule has 1 fully saturated rings. The van der Waals surface area contributed by atoms with Gasteiger partial charge >= 0.3 is 0 Å². The number of rotatable bonds is 6. The van der Waals surface area contributed by atoms with Crippen LogP contribution in [0.3, 0.4) is 0 Å². The number of aliphatic hydroxyl groups excluding tert-OH is 1. The number of carbonyl (C=O) groups is 2. The number of benzene rings is 3. The minimum absolute atomic E-state index is 0.0526. The highest BCUT2D eigenvalue weighted by atomic mass is 35.5. The summed E-state index contributed by atoms with van der Waals surface area (Å²) in [4.78, 5) is 27.9. The fraction of sp³-hybridized carbons (Fsp3) is 0.154. The van der Waals surface area contributed by atoms with Gasteiger partial charge in [0.15, 0.2) is 0 Å².